The van der Waals surface area contributed by atoms with Crippen molar-refractivity contribution in [2.75, 3.05) is 27.5 Å². The van der Waals surface area contributed by atoms with Gasteiger partial charge in [0.05, 0.1) is 32.7 Å². The molecule has 25 heavy (non-hydrogen) atoms. The first-order valence-electron chi connectivity index (χ1n) is 8.44. The number of ketones is 1. The second-order valence-corrected chi connectivity index (χ2v) is 6.48. The Labute approximate surface area is 146 Å². The maximum atomic E-state index is 12.8. The number of pyridine rings is 1. The van der Waals surface area contributed by atoms with Gasteiger partial charge >= 0.3 is 0 Å². The first-order chi connectivity index (χ1) is 12.2. The Morgan fingerprint density at radius 3 is 3.08 bits per heavy atom. The summed E-state index contributed by atoms with van der Waals surface area (Å²) in [6.45, 7) is 1.16. The highest BCUT2D eigenvalue weighted by molar-refractivity contribution is 5.96. The van der Waals surface area contributed by atoms with Crippen LogP contribution in [0.1, 0.15) is 33.9 Å². The van der Waals surface area contributed by atoms with Gasteiger partial charge < -0.3 is 19.1 Å². The smallest absolute Gasteiger partial charge is 0.231 e. The lowest BCUT2D eigenvalue weighted by Gasteiger charge is -2.32. The van der Waals surface area contributed by atoms with Crippen LogP contribution in [0.3, 0.4) is 0 Å². The summed E-state index contributed by atoms with van der Waals surface area (Å²) in [6.07, 6.45) is 4.62. The van der Waals surface area contributed by atoms with Gasteiger partial charge in [0.25, 0.3) is 0 Å². The summed E-state index contributed by atoms with van der Waals surface area (Å²) in [5.74, 6) is 2.17. The highest BCUT2D eigenvalue weighted by Crippen LogP contribution is 2.47. The fourth-order valence-corrected chi connectivity index (χ4v) is 3.73. The van der Waals surface area contributed by atoms with E-state index in [9.17, 15) is 4.79 Å². The molecule has 6 heteroatoms. The Balaban J connectivity index is 1.74. The molecule has 1 N–H and O–H groups in total. The van der Waals surface area contributed by atoms with E-state index in [1.807, 2.05) is 12.1 Å². The molecule has 2 aliphatic rings. The summed E-state index contributed by atoms with van der Waals surface area (Å²) in [6, 6.07) is 5.65. The van der Waals surface area contributed by atoms with E-state index in [4.69, 9.17) is 14.2 Å². The molecule has 4 rings (SSSR count). The van der Waals surface area contributed by atoms with E-state index >= 15 is 0 Å². The van der Waals surface area contributed by atoms with Crippen LogP contribution in [0.5, 0.6) is 17.2 Å². The molecule has 0 spiro atoms. The molecule has 0 saturated carbocycles. The second-order valence-electron chi connectivity index (χ2n) is 6.48. The van der Waals surface area contributed by atoms with Crippen molar-refractivity contribution in [1.82, 2.24) is 4.98 Å². The summed E-state index contributed by atoms with van der Waals surface area (Å²) in [5, 5.41) is 0. The quantitative estimate of drug-likeness (QED) is 0.847. The molecule has 130 valence electrons. The fourth-order valence-electron chi connectivity index (χ4n) is 3.73. The van der Waals surface area contributed by atoms with Crippen LogP contribution in [-0.4, -0.2) is 38.3 Å². The minimum Gasteiger partial charge on any atom is -0.492 e. The fraction of sp³-hybridized carbons (Fsp3) is 0.368. The van der Waals surface area contributed by atoms with Crippen LogP contribution in [0.25, 0.3) is 0 Å². The van der Waals surface area contributed by atoms with Gasteiger partial charge in [0, 0.05) is 24.4 Å². The number of nitrogens with one attached hydrogen (secondary N) is 1. The zero-order valence-corrected chi connectivity index (χ0v) is 14.4. The number of rotatable bonds is 4. The molecule has 0 amide bonds. The SMILES string of the molecule is COc1c2c(cc3c1[C@@H](CC(=O)c1cccnc1)[NH+](C)CC3)OCO2. The summed E-state index contributed by atoms with van der Waals surface area (Å²) in [5.41, 5.74) is 2.88. The van der Waals surface area contributed by atoms with Crippen molar-refractivity contribution in [2.24, 2.45) is 0 Å². The van der Waals surface area contributed by atoms with Gasteiger partial charge in [0.2, 0.25) is 12.5 Å². The topological polar surface area (TPSA) is 62.1 Å². The predicted molar refractivity (Wildman–Crippen MR) is 90.5 cm³/mol. The number of methoxy groups -OCH3 is 1. The third-order valence-electron chi connectivity index (χ3n) is 5.05. The Bertz CT molecular complexity index is 807. The minimum atomic E-state index is 0.0147. The normalized spacial score (nSPS) is 20.9. The molecular weight excluding hydrogens is 320 g/mol. The van der Waals surface area contributed by atoms with Crippen LogP contribution in [0.2, 0.25) is 0 Å². The summed E-state index contributed by atoms with van der Waals surface area (Å²) in [4.78, 5) is 18.1. The zero-order valence-electron chi connectivity index (χ0n) is 14.4. The zero-order chi connectivity index (χ0) is 17.4. The van der Waals surface area contributed by atoms with Gasteiger partial charge in [0.15, 0.2) is 17.3 Å². The highest BCUT2D eigenvalue weighted by atomic mass is 16.7. The van der Waals surface area contributed by atoms with E-state index in [1.165, 1.54) is 10.5 Å². The van der Waals surface area contributed by atoms with E-state index in [0.29, 0.717) is 23.5 Å². The molecule has 1 aromatic heterocycles. The van der Waals surface area contributed by atoms with Crippen LogP contribution in [-0.2, 0) is 6.42 Å². The van der Waals surface area contributed by atoms with Crippen LogP contribution >= 0.6 is 0 Å². The minimum absolute atomic E-state index is 0.0147. The van der Waals surface area contributed by atoms with Crippen molar-refractivity contribution in [1.29, 1.82) is 0 Å². The molecule has 0 aliphatic carbocycles. The van der Waals surface area contributed by atoms with Crippen LogP contribution in [0.4, 0.5) is 0 Å². The number of aromatic nitrogens is 1. The average Bonchev–Trinajstić information content (AvgIpc) is 3.11. The third kappa shape index (κ3) is 2.72. The number of carbonyl (C=O) groups excluding carboxylic acids is 1. The standard InChI is InChI=1S/C19H20N2O4/c1-21-7-5-12-8-16-18(25-11-24-16)19(23-2)17(12)14(21)9-15(22)13-4-3-6-20-10-13/h3-4,6,8,10,14H,5,7,9,11H2,1-2H3/p+1/t14-/m1/s1. The van der Waals surface area contributed by atoms with E-state index < -0.39 is 0 Å². The number of likely N-dealkylation sites (N-methyl/N-ethyl adjacent to an activating group) is 1. The van der Waals surface area contributed by atoms with Crippen molar-refractivity contribution in [3.63, 3.8) is 0 Å². The number of benzene rings is 1. The molecule has 0 radical (unpaired) electrons. The Kier molecular flexibility index (Phi) is 4.05. The summed E-state index contributed by atoms with van der Waals surface area (Å²) in [7, 11) is 3.76. The lowest BCUT2D eigenvalue weighted by molar-refractivity contribution is -0.913. The van der Waals surface area contributed by atoms with E-state index in [2.05, 4.69) is 12.0 Å². The van der Waals surface area contributed by atoms with E-state index in [-0.39, 0.29) is 18.6 Å². The highest BCUT2D eigenvalue weighted by Gasteiger charge is 2.37. The Morgan fingerprint density at radius 2 is 2.32 bits per heavy atom. The van der Waals surface area contributed by atoms with Gasteiger partial charge in [-0.3, -0.25) is 9.78 Å². The average molecular weight is 341 g/mol. The molecule has 0 fully saturated rings. The second kappa shape index (κ2) is 6.37. The van der Waals surface area contributed by atoms with Gasteiger partial charge in [-0.2, -0.15) is 0 Å². The molecule has 1 unspecified atom stereocenters. The van der Waals surface area contributed by atoms with Crippen LogP contribution < -0.4 is 19.1 Å². The van der Waals surface area contributed by atoms with Crippen LogP contribution in [0.15, 0.2) is 30.6 Å². The van der Waals surface area contributed by atoms with Crippen LogP contribution in [0, 0.1) is 0 Å². The number of Topliss-reactive ketones (excluding diaryl/α,β-unsaturated/α-hetero) is 1. The number of hydrogen-bond acceptors (Lipinski definition) is 5. The number of hydrogen-bond donors (Lipinski definition) is 1. The number of carbonyl (C=O) groups is 1. The Hall–Kier alpha value is -2.60. The lowest BCUT2D eigenvalue weighted by atomic mass is 9.87. The lowest BCUT2D eigenvalue weighted by Crippen LogP contribution is -3.10. The number of nitrogens with zero attached hydrogens (tertiary/aromatic N) is 1. The van der Waals surface area contributed by atoms with Gasteiger partial charge in [-0.05, 0) is 23.8 Å². The molecule has 2 aromatic rings. The molecule has 0 bridgehead atoms. The maximum absolute atomic E-state index is 12.8. The van der Waals surface area contributed by atoms with Gasteiger partial charge in [0.1, 0.15) is 6.04 Å². The van der Waals surface area contributed by atoms with Crippen molar-refractivity contribution in [3.8, 4) is 17.2 Å². The number of quaternary nitrogens is 1. The molecule has 3 heterocycles. The van der Waals surface area contributed by atoms with Crippen molar-refractivity contribution >= 4 is 5.78 Å². The first-order valence-corrected chi connectivity index (χ1v) is 8.44. The predicted octanol–water partition coefficient (Wildman–Crippen LogP) is 1.20. The Morgan fingerprint density at radius 1 is 1.44 bits per heavy atom. The molecule has 2 atom stereocenters. The molecule has 0 saturated heterocycles. The van der Waals surface area contributed by atoms with Gasteiger partial charge in [-0.1, -0.05) is 0 Å². The van der Waals surface area contributed by atoms with Gasteiger partial charge in [-0.25, -0.2) is 0 Å². The third-order valence-corrected chi connectivity index (χ3v) is 5.05. The molecule has 2 aliphatic heterocycles. The summed E-state index contributed by atoms with van der Waals surface area (Å²) >= 11 is 0. The van der Waals surface area contributed by atoms with E-state index in [0.717, 1.165) is 24.3 Å². The monoisotopic (exact) mass is 341 g/mol. The van der Waals surface area contributed by atoms with Crippen molar-refractivity contribution in [2.45, 2.75) is 18.9 Å². The largest absolute Gasteiger partial charge is 0.492 e. The number of ether oxygens (including phenoxy) is 3. The molecule has 1 aromatic carbocycles. The molecular formula is C19H21N2O4+. The molecule has 6 nitrogen and oxygen atoms in total. The van der Waals surface area contributed by atoms with Crippen molar-refractivity contribution < 1.29 is 23.9 Å². The van der Waals surface area contributed by atoms with Crippen molar-refractivity contribution in [3.05, 3.63) is 47.3 Å². The maximum Gasteiger partial charge on any atom is 0.231 e. The van der Waals surface area contributed by atoms with E-state index in [1.54, 1.807) is 25.6 Å². The number of fused-ring (bicyclic) bond motifs is 2. The van der Waals surface area contributed by atoms with Gasteiger partial charge in [-0.15, -0.1) is 0 Å². The summed E-state index contributed by atoms with van der Waals surface area (Å²) < 4.78 is 16.8. The first kappa shape index (κ1) is 15.9.